The van der Waals surface area contributed by atoms with Crippen LogP contribution in [0.4, 0.5) is 0 Å². The minimum Gasteiger partial charge on any atom is -0.394 e. The summed E-state index contributed by atoms with van der Waals surface area (Å²) in [6.45, 7) is 3.84. The Morgan fingerprint density at radius 3 is 1.34 bits per heavy atom. The number of amides is 1. The zero-order valence-corrected chi connectivity index (χ0v) is 34.5. The Morgan fingerprint density at radius 2 is 0.943 bits per heavy atom. The van der Waals surface area contributed by atoms with Crippen LogP contribution in [0.2, 0.25) is 0 Å². The number of nitrogens with one attached hydrogen (secondary N) is 1. The highest BCUT2D eigenvalue weighted by Gasteiger charge is 2.44. The Morgan fingerprint density at radius 1 is 0.566 bits per heavy atom. The lowest BCUT2D eigenvalue weighted by molar-refractivity contribution is -0.302. The summed E-state index contributed by atoms with van der Waals surface area (Å²) in [5.74, 6) is -0.141. The minimum absolute atomic E-state index is 0.132. The van der Waals surface area contributed by atoms with Crippen molar-refractivity contribution >= 4 is 5.91 Å². The highest BCUT2D eigenvalue weighted by atomic mass is 16.7. The van der Waals surface area contributed by atoms with Gasteiger partial charge in [0.2, 0.25) is 5.91 Å². The van der Waals surface area contributed by atoms with Gasteiger partial charge >= 0.3 is 0 Å². The van der Waals surface area contributed by atoms with Crippen LogP contribution in [0, 0.1) is 0 Å². The molecule has 1 aliphatic rings. The van der Waals surface area contributed by atoms with Crippen molar-refractivity contribution in [2.24, 2.45) is 0 Å². The van der Waals surface area contributed by atoms with E-state index in [1.165, 1.54) is 154 Å². The monoisotopic (exact) mass is 758 g/mol. The van der Waals surface area contributed by atoms with E-state index in [2.05, 4.69) is 19.2 Å². The van der Waals surface area contributed by atoms with Gasteiger partial charge in [-0.05, 0) is 12.8 Å². The maximum Gasteiger partial charge on any atom is 0.220 e. The lowest BCUT2D eigenvalue weighted by atomic mass is 9.99. The van der Waals surface area contributed by atoms with E-state index in [0.29, 0.717) is 12.8 Å². The molecule has 2 unspecified atom stereocenters. The van der Waals surface area contributed by atoms with Crippen molar-refractivity contribution < 1.29 is 39.8 Å². The van der Waals surface area contributed by atoms with Crippen molar-refractivity contribution in [1.29, 1.82) is 0 Å². The summed E-state index contributed by atoms with van der Waals surface area (Å²) in [5, 5.41) is 54.3. The van der Waals surface area contributed by atoms with Gasteiger partial charge in [-0.3, -0.25) is 4.79 Å². The lowest BCUT2D eigenvalue weighted by Crippen LogP contribution is -2.60. The summed E-state index contributed by atoms with van der Waals surface area (Å²) in [5.41, 5.74) is 0. The zero-order valence-electron chi connectivity index (χ0n) is 34.5. The molecular weight excluding hydrogens is 670 g/mol. The number of unbranched alkanes of at least 4 members (excludes halogenated alkanes) is 28. The Labute approximate surface area is 325 Å². The molecule has 0 spiro atoms. The highest BCUT2D eigenvalue weighted by molar-refractivity contribution is 5.76. The maximum absolute atomic E-state index is 12.9. The first-order valence-corrected chi connectivity index (χ1v) is 22.7. The molecule has 1 heterocycles. The van der Waals surface area contributed by atoms with Crippen molar-refractivity contribution in [2.45, 2.75) is 262 Å². The number of ether oxygens (including phenoxy) is 2. The molecule has 0 aromatic carbocycles. The molecule has 53 heavy (non-hydrogen) atoms. The van der Waals surface area contributed by atoms with E-state index < -0.39 is 49.5 Å². The quantitative estimate of drug-likeness (QED) is 0.0342. The Balaban J connectivity index is 2.30. The molecule has 0 aliphatic carbocycles. The Hall–Kier alpha value is -0.810. The third kappa shape index (κ3) is 26.6. The zero-order chi connectivity index (χ0) is 38.8. The molecule has 6 N–H and O–H groups in total. The normalized spacial score (nSPS) is 21.5. The number of carbonyl (C=O) groups excluding carboxylic acids is 1. The van der Waals surface area contributed by atoms with Gasteiger partial charge < -0.3 is 40.3 Å². The maximum atomic E-state index is 12.9. The average Bonchev–Trinajstić information content (AvgIpc) is 3.16. The van der Waals surface area contributed by atoms with Gasteiger partial charge in [-0.25, -0.2) is 0 Å². The smallest absolute Gasteiger partial charge is 0.220 e. The van der Waals surface area contributed by atoms with Gasteiger partial charge in [-0.1, -0.05) is 200 Å². The third-order valence-electron chi connectivity index (χ3n) is 11.2. The van der Waals surface area contributed by atoms with Gasteiger partial charge in [-0.15, -0.1) is 0 Å². The highest BCUT2D eigenvalue weighted by Crippen LogP contribution is 2.23. The SMILES string of the molecule is CCCCCCCCCCCCCCCCCCCCC(=O)N[C@@H](CO[C@@H]1O[C@H](CO)[C@@H](O)C(O)C1O)[C@H](O)CCCCCCCCCCCCCC. The summed E-state index contributed by atoms with van der Waals surface area (Å²) in [6, 6.07) is -0.710. The minimum atomic E-state index is -1.55. The van der Waals surface area contributed by atoms with Crippen molar-refractivity contribution in [3.05, 3.63) is 0 Å². The molecular formula is C44H87NO8. The molecule has 9 heteroatoms. The van der Waals surface area contributed by atoms with Gasteiger partial charge in [0.05, 0.1) is 25.4 Å². The largest absolute Gasteiger partial charge is 0.394 e. The van der Waals surface area contributed by atoms with E-state index in [-0.39, 0.29) is 12.5 Å². The Bertz CT molecular complexity index is 801. The molecule has 1 aliphatic heterocycles. The first kappa shape index (κ1) is 50.2. The van der Waals surface area contributed by atoms with E-state index in [9.17, 15) is 30.3 Å². The molecule has 1 saturated heterocycles. The topological polar surface area (TPSA) is 149 Å². The predicted molar refractivity (Wildman–Crippen MR) is 217 cm³/mol. The average molecular weight is 758 g/mol. The molecule has 1 amide bonds. The summed E-state index contributed by atoms with van der Waals surface area (Å²) < 4.78 is 11.2. The van der Waals surface area contributed by atoms with Crippen LogP contribution in [0.15, 0.2) is 0 Å². The molecule has 0 aromatic rings. The van der Waals surface area contributed by atoms with E-state index in [1.807, 2.05) is 0 Å². The van der Waals surface area contributed by atoms with Crippen LogP contribution in [-0.2, 0) is 14.3 Å². The molecule has 0 aromatic heterocycles. The standard InChI is InChI=1S/C44H87NO8/c1-3-5-7-9-11-13-15-17-18-19-20-21-22-24-26-28-30-32-34-40(48)45-37(36-52-44-43(51)42(50)41(49)39(35-46)53-44)38(47)33-31-29-27-25-23-16-14-12-10-8-6-4-2/h37-39,41-44,46-47,49-51H,3-36H2,1-2H3,(H,45,48)/t37-,38+,39+,41+,42?,43?,44+/m0/s1. The first-order chi connectivity index (χ1) is 25.8. The number of hydrogen-bond donors (Lipinski definition) is 6. The van der Waals surface area contributed by atoms with Gasteiger partial charge in [0.15, 0.2) is 6.29 Å². The van der Waals surface area contributed by atoms with Crippen LogP contribution in [0.3, 0.4) is 0 Å². The second-order valence-electron chi connectivity index (χ2n) is 16.2. The van der Waals surface area contributed by atoms with Crippen molar-refractivity contribution in [1.82, 2.24) is 5.32 Å². The van der Waals surface area contributed by atoms with Crippen LogP contribution in [0.1, 0.15) is 219 Å². The number of hydrogen-bond acceptors (Lipinski definition) is 8. The second-order valence-corrected chi connectivity index (χ2v) is 16.2. The van der Waals surface area contributed by atoms with E-state index in [0.717, 1.165) is 38.5 Å². The van der Waals surface area contributed by atoms with Crippen molar-refractivity contribution in [3.8, 4) is 0 Å². The summed E-state index contributed by atoms with van der Waals surface area (Å²) in [6.07, 6.45) is 31.1. The molecule has 9 nitrogen and oxygen atoms in total. The molecule has 7 atom stereocenters. The first-order valence-electron chi connectivity index (χ1n) is 22.7. The van der Waals surface area contributed by atoms with Crippen molar-refractivity contribution in [3.63, 3.8) is 0 Å². The van der Waals surface area contributed by atoms with Gasteiger partial charge in [0.25, 0.3) is 0 Å². The van der Waals surface area contributed by atoms with E-state index in [1.54, 1.807) is 0 Å². The predicted octanol–water partition coefficient (Wildman–Crippen LogP) is 9.17. The fourth-order valence-corrected chi connectivity index (χ4v) is 7.51. The van der Waals surface area contributed by atoms with Crippen LogP contribution >= 0.6 is 0 Å². The molecule has 316 valence electrons. The summed E-state index contributed by atoms with van der Waals surface area (Å²) >= 11 is 0. The van der Waals surface area contributed by atoms with Gasteiger partial charge in [0.1, 0.15) is 24.4 Å². The van der Waals surface area contributed by atoms with Crippen LogP contribution in [-0.4, -0.2) is 87.5 Å². The molecule has 0 radical (unpaired) electrons. The van der Waals surface area contributed by atoms with E-state index in [4.69, 9.17) is 9.47 Å². The van der Waals surface area contributed by atoms with Crippen LogP contribution in [0.5, 0.6) is 0 Å². The third-order valence-corrected chi connectivity index (χ3v) is 11.2. The fraction of sp³-hybridized carbons (Fsp3) is 0.977. The number of aliphatic hydroxyl groups is 5. The van der Waals surface area contributed by atoms with Crippen LogP contribution in [0.25, 0.3) is 0 Å². The number of rotatable bonds is 38. The summed E-state index contributed by atoms with van der Waals surface area (Å²) in [4.78, 5) is 12.9. The van der Waals surface area contributed by atoms with Crippen molar-refractivity contribution in [2.75, 3.05) is 13.2 Å². The number of aliphatic hydroxyl groups excluding tert-OH is 5. The molecule has 1 rings (SSSR count). The van der Waals surface area contributed by atoms with Gasteiger partial charge in [0, 0.05) is 6.42 Å². The lowest BCUT2D eigenvalue weighted by Gasteiger charge is -2.40. The second kappa shape index (κ2) is 35.6. The van der Waals surface area contributed by atoms with Crippen LogP contribution < -0.4 is 5.32 Å². The summed E-state index contributed by atoms with van der Waals surface area (Å²) in [7, 11) is 0. The molecule has 0 bridgehead atoms. The molecule has 1 fully saturated rings. The van der Waals surface area contributed by atoms with E-state index >= 15 is 0 Å². The Kier molecular flexibility index (Phi) is 33.7. The fourth-order valence-electron chi connectivity index (χ4n) is 7.51. The van der Waals surface area contributed by atoms with Gasteiger partial charge in [-0.2, -0.15) is 0 Å². The number of carbonyl (C=O) groups is 1. The molecule has 0 saturated carbocycles.